The summed E-state index contributed by atoms with van der Waals surface area (Å²) in [5.74, 6) is -0.582. The summed E-state index contributed by atoms with van der Waals surface area (Å²) in [7, 11) is 2.73. The molecule has 132 valence electrons. The molecule has 2 aromatic carbocycles. The molecule has 2 atom stereocenters. The number of aliphatic hydroxyl groups excluding tert-OH is 1. The highest BCUT2D eigenvalue weighted by Gasteiger charge is 2.31. The summed E-state index contributed by atoms with van der Waals surface area (Å²) < 4.78 is 9.78. The molecule has 6 heteroatoms. The summed E-state index contributed by atoms with van der Waals surface area (Å²) in [6, 6.07) is 12.2. The lowest BCUT2D eigenvalue weighted by Crippen LogP contribution is -2.45. The molecule has 0 aliphatic carbocycles. The van der Waals surface area contributed by atoms with Gasteiger partial charge in [0.1, 0.15) is 11.9 Å². The van der Waals surface area contributed by atoms with Gasteiger partial charge in [-0.1, -0.05) is 29.8 Å². The first-order chi connectivity index (χ1) is 12.0. The molecular weight excluding hydrogens is 322 g/mol. The number of carbonyl (C=O) groups is 2. The van der Waals surface area contributed by atoms with Gasteiger partial charge in [-0.15, -0.1) is 0 Å². The maximum atomic E-state index is 12.4. The van der Waals surface area contributed by atoms with E-state index in [-0.39, 0.29) is 0 Å². The molecule has 0 aromatic heterocycles. The first-order valence-electron chi connectivity index (χ1n) is 7.73. The number of amides is 1. The number of nitrogens with one attached hydrogen (secondary N) is 1. The summed E-state index contributed by atoms with van der Waals surface area (Å²) in [5.41, 5.74) is 1.86. The second kappa shape index (κ2) is 8.30. The zero-order valence-corrected chi connectivity index (χ0v) is 14.4. The minimum Gasteiger partial charge on any atom is -0.497 e. The molecule has 0 saturated carbocycles. The Bertz CT molecular complexity index is 724. The number of hydrogen-bond acceptors (Lipinski definition) is 5. The molecule has 0 aliphatic heterocycles. The van der Waals surface area contributed by atoms with Crippen molar-refractivity contribution in [3.8, 4) is 5.75 Å². The quantitative estimate of drug-likeness (QED) is 0.784. The predicted octanol–water partition coefficient (Wildman–Crippen LogP) is 2.01. The third kappa shape index (κ3) is 4.58. The monoisotopic (exact) mass is 343 g/mol. The maximum absolute atomic E-state index is 12.4. The van der Waals surface area contributed by atoms with E-state index in [1.807, 2.05) is 6.92 Å². The highest BCUT2D eigenvalue weighted by atomic mass is 16.5. The van der Waals surface area contributed by atoms with Crippen LogP contribution in [0.4, 0.5) is 0 Å². The summed E-state index contributed by atoms with van der Waals surface area (Å²) >= 11 is 0. The van der Waals surface area contributed by atoms with E-state index in [0.29, 0.717) is 16.9 Å². The first kappa shape index (κ1) is 18.5. The van der Waals surface area contributed by atoms with Crippen molar-refractivity contribution in [3.05, 3.63) is 65.2 Å². The van der Waals surface area contributed by atoms with Crippen molar-refractivity contribution in [2.24, 2.45) is 0 Å². The summed E-state index contributed by atoms with van der Waals surface area (Å²) in [6.07, 6.45) is -1.26. The van der Waals surface area contributed by atoms with Crippen LogP contribution in [0, 0.1) is 6.92 Å². The van der Waals surface area contributed by atoms with E-state index < -0.39 is 24.0 Å². The van der Waals surface area contributed by atoms with Gasteiger partial charge in [0.2, 0.25) is 0 Å². The molecule has 2 aromatic rings. The number of aryl methyl sites for hydroxylation is 1. The van der Waals surface area contributed by atoms with Gasteiger partial charge in [0.15, 0.2) is 6.04 Å². The molecule has 0 heterocycles. The van der Waals surface area contributed by atoms with Crippen molar-refractivity contribution in [1.82, 2.24) is 5.32 Å². The van der Waals surface area contributed by atoms with Crippen LogP contribution in [0.5, 0.6) is 5.75 Å². The van der Waals surface area contributed by atoms with Gasteiger partial charge < -0.3 is 19.9 Å². The fourth-order valence-corrected chi connectivity index (χ4v) is 2.32. The summed E-state index contributed by atoms with van der Waals surface area (Å²) in [4.78, 5) is 24.4. The molecule has 6 nitrogen and oxygen atoms in total. The Morgan fingerprint density at radius 3 is 2.12 bits per heavy atom. The van der Waals surface area contributed by atoms with Crippen LogP contribution in [0.25, 0.3) is 0 Å². The van der Waals surface area contributed by atoms with Gasteiger partial charge in [-0.25, -0.2) is 4.79 Å². The molecule has 0 radical (unpaired) electrons. The lowest BCUT2D eigenvalue weighted by Gasteiger charge is -2.22. The molecule has 0 aliphatic rings. The SMILES string of the molecule is COC(=O)C(NC(=O)c1ccc(C)cc1)C(O)c1ccc(OC)cc1. The number of hydrogen-bond donors (Lipinski definition) is 2. The van der Waals surface area contributed by atoms with Gasteiger partial charge in [0, 0.05) is 5.56 Å². The Morgan fingerprint density at radius 1 is 1.00 bits per heavy atom. The van der Waals surface area contributed by atoms with E-state index in [9.17, 15) is 14.7 Å². The number of esters is 1. The Labute approximate surface area is 146 Å². The van der Waals surface area contributed by atoms with Crippen LogP contribution in [0.2, 0.25) is 0 Å². The van der Waals surface area contributed by atoms with Crippen LogP contribution in [0.15, 0.2) is 48.5 Å². The fraction of sp³-hybridized carbons (Fsp3) is 0.263. The van der Waals surface area contributed by atoms with E-state index in [4.69, 9.17) is 9.47 Å². The number of ether oxygens (including phenoxy) is 2. The minimum atomic E-state index is -1.26. The number of carbonyl (C=O) groups excluding carboxylic acids is 2. The van der Waals surface area contributed by atoms with Crippen LogP contribution in [-0.2, 0) is 9.53 Å². The minimum absolute atomic E-state index is 0.390. The number of rotatable bonds is 6. The average molecular weight is 343 g/mol. The van der Waals surface area contributed by atoms with Crippen LogP contribution in [0.3, 0.4) is 0 Å². The number of methoxy groups -OCH3 is 2. The van der Waals surface area contributed by atoms with E-state index in [1.165, 1.54) is 14.2 Å². The average Bonchev–Trinajstić information content (AvgIpc) is 2.65. The first-order valence-corrected chi connectivity index (χ1v) is 7.73. The zero-order chi connectivity index (χ0) is 18.4. The van der Waals surface area contributed by atoms with Gasteiger partial charge in [0.25, 0.3) is 5.91 Å². The highest BCUT2D eigenvalue weighted by molar-refractivity contribution is 5.97. The van der Waals surface area contributed by atoms with Gasteiger partial charge in [-0.2, -0.15) is 0 Å². The lowest BCUT2D eigenvalue weighted by molar-refractivity contribution is -0.146. The largest absolute Gasteiger partial charge is 0.497 e. The Kier molecular flexibility index (Phi) is 6.14. The zero-order valence-electron chi connectivity index (χ0n) is 14.4. The van der Waals surface area contributed by atoms with E-state index >= 15 is 0 Å². The Morgan fingerprint density at radius 2 is 1.60 bits per heavy atom. The van der Waals surface area contributed by atoms with Gasteiger partial charge in [-0.3, -0.25) is 4.79 Å². The topological polar surface area (TPSA) is 84.9 Å². The van der Waals surface area contributed by atoms with E-state index in [2.05, 4.69) is 5.32 Å². The fourth-order valence-electron chi connectivity index (χ4n) is 2.32. The van der Waals surface area contributed by atoms with Gasteiger partial charge >= 0.3 is 5.97 Å². The second-order valence-electron chi connectivity index (χ2n) is 5.56. The standard InChI is InChI=1S/C19H21NO5/c1-12-4-6-14(7-5-12)18(22)20-16(19(23)25-3)17(21)13-8-10-15(24-2)11-9-13/h4-11,16-17,21H,1-3H3,(H,20,22). The van der Waals surface area contributed by atoms with Crippen molar-refractivity contribution in [3.63, 3.8) is 0 Å². The molecule has 0 fully saturated rings. The van der Waals surface area contributed by atoms with Crippen molar-refractivity contribution < 1.29 is 24.2 Å². The van der Waals surface area contributed by atoms with Crippen molar-refractivity contribution in [2.45, 2.75) is 19.1 Å². The third-order valence-electron chi connectivity index (χ3n) is 3.83. The van der Waals surface area contributed by atoms with Crippen molar-refractivity contribution >= 4 is 11.9 Å². The van der Waals surface area contributed by atoms with Crippen LogP contribution < -0.4 is 10.1 Å². The van der Waals surface area contributed by atoms with Gasteiger partial charge in [-0.05, 0) is 36.8 Å². The van der Waals surface area contributed by atoms with E-state index in [1.54, 1.807) is 48.5 Å². The molecule has 2 N–H and O–H groups in total. The number of aliphatic hydroxyl groups is 1. The molecule has 0 bridgehead atoms. The molecule has 1 amide bonds. The Hall–Kier alpha value is -2.86. The molecular formula is C19H21NO5. The lowest BCUT2D eigenvalue weighted by atomic mass is 10.0. The van der Waals surface area contributed by atoms with Crippen LogP contribution in [0.1, 0.15) is 27.6 Å². The van der Waals surface area contributed by atoms with Crippen LogP contribution in [-0.4, -0.2) is 37.2 Å². The highest BCUT2D eigenvalue weighted by Crippen LogP contribution is 2.21. The molecule has 2 rings (SSSR count). The molecule has 25 heavy (non-hydrogen) atoms. The van der Waals surface area contributed by atoms with Crippen molar-refractivity contribution in [1.29, 1.82) is 0 Å². The van der Waals surface area contributed by atoms with Crippen LogP contribution >= 0.6 is 0 Å². The van der Waals surface area contributed by atoms with Crippen molar-refractivity contribution in [2.75, 3.05) is 14.2 Å². The van der Waals surface area contributed by atoms with Gasteiger partial charge in [0.05, 0.1) is 14.2 Å². The molecule has 2 unspecified atom stereocenters. The van der Waals surface area contributed by atoms with E-state index in [0.717, 1.165) is 5.56 Å². The predicted molar refractivity (Wildman–Crippen MR) is 92.4 cm³/mol. The summed E-state index contributed by atoms with van der Waals surface area (Å²) in [6.45, 7) is 1.91. The molecule has 0 saturated heterocycles. The summed E-state index contributed by atoms with van der Waals surface area (Å²) in [5, 5.41) is 13.1. The second-order valence-corrected chi connectivity index (χ2v) is 5.56. The normalized spacial score (nSPS) is 12.8. The smallest absolute Gasteiger partial charge is 0.331 e. The number of benzene rings is 2. The Balaban J connectivity index is 2.21. The molecule has 0 spiro atoms. The third-order valence-corrected chi connectivity index (χ3v) is 3.83. The maximum Gasteiger partial charge on any atom is 0.331 e.